The zero-order valence-corrected chi connectivity index (χ0v) is 10.2. The summed E-state index contributed by atoms with van der Waals surface area (Å²) >= 11 is 0. The van der Waals surface area contributed by atoms with Crippen molar-refractivity contribution in [2.24, 2.45) is 0 Å². The van der Waals surface area contributed by atoms with E-state index in [2.05, 4.69) is 5.32 Å². The van der Waals surface area contributed by atoms with Crippen molar-refractivity contribution >= 4 is 11.9 Å². The van der Waals surface area contributed by atoms with Gasteiger partial charge in [-0.3, -0.25) is 14.9 Å². The van der Waals surface area contributed by atoms with E-state index in [1.54, 1.807) is 0 Å². The minimum Gasteiger partial charge on any atom is -0.480 e. The van der Waals surface area contributed by atoms with Crippen molar-refractivity contribution in [3.05, 3.63) is 0 Å². The van der Waals surface area contributed by atoms with Gasteiger partial charge in [-0.15, -0.1) is 0 Å². The summed E-state index contributed by atoms with van der Waals surface area (Å²) < 4.78 is 0. The molecule has 1 amide bonds. The standard InChI is InChI=1S/C11H16N4O3/c1-9(11(17)18)14-8-10(16)15(6-2-4-12)7-3-5-13/h9,14H,2-3,6-8H2,1H3,(H,17,18). The highest BCUT2D eigenvalue weighted by Crippen LogP contribution is 1.95. The molecule has 0 saturated carbocycles. The van der Waals surface area contributed by atoms with Crippen LogP contribution in [0.3, 0.4) is 0 Å². The maximum Gasteiger partial charge on any atom is 0.320 e. The maximum absolute atomic E-state index is 11.7. The molecule has 0 spiro atoms. The SMILES string of the molecule is CC(NCC(=O)N(CCC#N)CCC#N)C(=O)O. The van der Waals surface area contributed by atoms with Gasteiger partial charge in [0.2, 0.25) is 5.91 Å². The predicted octanol–water partition coefficient (Wildman–Crippen LogP) is -0.295. The highest BCUT2D eigenvalue weighted by Gasteiger charge is 2.16. The van der Waals surface area contributed by atoms with Crippen LogP contribution < -0.4 is 5.32 Å². The summed E-state index contributed by atoms with van der Waals surface area (Å²) in [6, 6.07) is 3.03. The van der Waals surface area contributed by atoms with Crippen LogP contribution in [-0.4, -0.2) is 47.6 Å². The van der Waals surface area contributed by atoms with E-state index < -0.39 is 12.0 Å². The molecule has 18 heavy (non-hydrogen) atoms. The zero-order chi connectivity index (χ0) is 14.0. The maximum atomic E-state index is 11.7. The Hall–Kier alpha value is -2.12. The third-order valence-corrected chi connectivity index (χ3v) is 2.27. The lowest BCUT2D eigenvalue weighted by atomic mass is 10.3. The highest BCUT2D eigenvalue weighted by atomic mass is 16.4. The second kappa shape index (κ2) is 8.97. The summed E-state index contributed by atoms with van der Waals surface area (Å²) in [5.74, 6) is -1.35. The summed E-state index contributed by atoms with van der Waals surface area (Å²) in [6.45, 7) is 1.81. The van der Waals surface area contributed by atoms with Crippen molar-refractivity contribution in [3.8, 4) is 12.1 Å². The molecule has 0 bridgehead atoms. The van der Waals surface area contributed by atoms with Crippen LogP contribution in [0.4, 0.5) is 0 Å². The van der Waals surface area contributed by atoms with Gasteiger partial charge in [0, 0.05) is 13.1 Å². The first-order valence-electron chi connectivity index (χ1n) is 5.50. The predicted molar refractivity (Wildman–Crippen MR) is 62.1 cm³/mol. The van der Waals surface area contributed by atoms with E-state index in [1.807, 2.05) is 12.1 Å². The summed E-state index contributed by atoms with van der Waals surface area (Å²) in [4.78, 5) is 23.7. The summed E-state index contributed by atoms with van der Waals surface area (Å²) in [5.41, 5.74) is 0. The Morgan fingerprint density at radius 3 is 2.17 bits per heavy atom. The van der Waals surface area contributed by atoms with Gasteiger partial charge in [-0.05, 0) is 6.92 Å². The van der Waals surface area contributed by atoms with E-state index in [0.29, 0.717) is 0 Å². The molecule has 0 fully saturated rings. The van der Waals surface area contributed by atoms with Crippen molar-refractivity contribution in [3.63, 3.8) is 0 Å². The molecule has 0 aromatic carbocycles. The molecule has 0 radical (unpaired) electrons. The second-order valence-corrected chi connectivity index (χ2v) is 3.64. The Bertz CT molecular complexity index is 351. The number of carboxylic acids is 1. The molecular weight excluding hydrogens is 236 g/mol. The van der Waals surface area contributed by atoms with Gasteiger partial charge in [0.25, 0.3) is 0 Å². The van der Waals surface area contributed by atoms with Gasteiger partial charge in [0.05, 0.1) is 31.5 Å². The Labute approximate surface area is 106 Å². The zero-order valence-electron chi connectivity index (χ0n) is 10.2. The van der Waals surface area contributed by atoms with E-state index in [4.69, 9.17) is 15.6 Å². The first kappa shape index (κ1) is 15.9. The summed E-state index contributed by atoms with van der Waals surface area (Å²) in [7, 11) is 0. The number of carboxylic acid groups (broad SMARTS) is 1. The number of carbonyl (C=O) groups excluding carboxylic acids is 1. The normalized spacial score (nSPS) is 11.1. The highest BCUT2D eigenvalue weighted by molar-refractivity contribution is 5.79. The van der Waals surface area contributed by atoms with Crippen LogP contribution in [-0.2, 0) is 9.59 Å². The fourth-order valence-electron chi connectivity index (χ4n) is 1.17. The minimum atomic E-state index is -1.04. The van der Waals surface area contributed by atoms with Crippen LogP contribution in [0.25, 0.3) is 0 Å². The largest absolute Gasteiger partial charge is 0.480 e. The van der Waals surface area contributed by atoms with Gasteiger partial charge in [-0.2, -0.15) is 10.5 Å². The van der Waals surface area contributed by atoms with Crippen LogP contribution in [0.5, 0.6) is 0 Å². The molecule has 1 atom stereocenters. The Morgan fingerprint density at radius 2 is 1.78 bits per heavy atom. The molecule has 0 saturated heterocycles. The van der Waals surface area contributed by atoms with Crippen molar-refractivity contribution in [2.45, 2.75) is 25.8 Å². The molecule has 7 heteroatoms. The van der Waals surface area contributed by atoms with Crippen molar-refractivity contribution < 1.29 is 14.7 Å². The topological polar surface area (TPSA) is 117 Å². The molecule has 0 aliphatic heterocycles. The van der Waals surface area contributed by atoms with Crippen LogP contribution in [0.15, 0.2) is 0 Å². The fraction of sp³-hybridized carbons (Fsp3) is 0.636. The molecule has 0 aromatic rings. The molecule has 2 N–H and O–H groups in total. The lowest BCUT2D eigenvalue weighted by molar-refractivity contribution is -0.139. The smallest absolute Gasteiger partial charge is 0.320 e. The number of nitrogens with zero attached hydrogens (tertiary/aromatic N) is 3. The van der Waals surface area contributed by atoms with E-state index in [-0.39, 0.29) is 38.4 Å². The third kappa shape index (κ3) is 6.46. The first-order chi connectivity index (χ1) is 8.52. The molecular formula is C11H16N4O3. The number of aliphatic carboxylic acids is 1. The van der Waals surface area contributed by atoms with Crippen molar-refractivity contribution in [1.29, 1.82) is 10.5 Å². The van der Waals surface area contributed by atoms with Crippen molar-refractivity contribution in [1.82, 2.24) is 10.2 Å². The van der Waals surface area contributed by atoms with Crippen LogP contribution >= 0.6 is 0 Å². The number of rotatable bonds is 8. The van der Waals surface area contributed by atoms with Crippen LogP contribution in [0.1, 0.15) is 19.8 Å². The van der Waals surface area contributed by atoms with Gasteiger partial charge < -0.3 is 10.0 Å². The molecule has 7 nitrogen and oxygen atoms in total. The van der Waals surface area contributed by atoms with E-state index in [1.165, 1.54) is 11.8 Å². The van der Waals surface area contributed by atoms with Crippen molar-refractivity contribution in [2.75, 3.05) is 19.6 Å². The van der Waals surface area contributed by atoms with Gasteiger partial charge in [0.1, 0.15) is 6.04 Å². The second-order valence-electron chi connectivity index (χ2n) is 3.64. The van der Waals surface area contributed by atoms with Gasteiger partial charge in [-0.1, -0.05) is 0 Å². The van der Waals surface area contributed by atoms with Gasteiger partial charge in [-0.25, -0.2) is 0 Å². The van der Waals surface area contributed by atoms with E-state index >= 15 is 0 Å². The Morgan fingerprint density at radius 1 is 1.28 bits per heavy atom. The Kier molecular flexibility index (Phi) is 7.91. The molecule has 0 aliphatic carbocycles. The number of amides is 1. The van der Waals surface area contributed by atoms with Gasteiger partial charge in [0.15, 0.2) is 0 Å². The van der Waals surface area contributed by atoms with Crippen LogP contribution in [0, 0.1) is 22.7 Å². The van der Waals surface area contributed by atoms with Crippen LogP contribution in [0.2, 0.25) is 0 Å². The number of hydrogen-bond acceptors (Lipinski definition) is 5. The molecule has 0 aromatic heterocycles. The number of hydrogen-bond donors (Lipinski definition) is 2. The third-order valence-electron chi connectivity index (χ3n) is 2.27. The lowest BCUT2D eigenvalue weighted by Crippen LogP contribution is -2.44. The molecule has 0 heterocycles. The number of carbonyl (C=O) groups is 2. The molecule has 0 aliphatic rings. The number of nitriles is 2. The first-order valence-corrected chi connectivity index (χ1v) is 5.50. The average Bonchev–Trinajstić information content (AvgIpc) is 2.35. The minimum absolute atomic E-state index is 0.121. The lowest BCUT2D eigenvalue weighted by Gasteiger charge is -2.21. The molecule has 0 rings (SSSR count). The molecule has 98 valence electrons. The van der Waals surface area contributed by atoms with E-state index in [9.17, 15) is 9.59 Å². The molecule has 1 unspecified atom stereocenters. The fourth-order valence-corrected chi connectivity index (χ4v) is 1.17. The van der Waals surface area contributed by atoms with Gasteiger partial charge >= 0.3 is 5.97 Å². The summed E-state index contributed by atoms with van der Waals surface area (Å²) in [5, 5.41) is 28.1. The monoisotopic (exact) mass is 252 g/mol. The average molecular weight is 252 g/mol. The number of nitrogens with one attached hydrogen (secondary N) is 1. The van der Waals surface area contributed by atoms with E-state index in [0.717, 1.165) is 0 Å². The summed E-state index contributed by atoms with van der Waals surface area (Å²) in [6.07, 6.45) is 0.372. The Balaban J connectivity index is 4.24. The quantitative estimate of drug-likeness (QED) is 0.612.